The maximum Gasteiger partial charge on any atom is 0.314 e. The largest absolute Gasteiger partial charge is 0.508 e. The molecule has 2 rings (SSSR count). The first-order chi connectivity index (χ1) is 7.15. The van der Waals surface area contributed by atoms with Crippen LogP contribution in [0.15, 0.2) is 24.3 Å². The first-order valence-corrected chi connectivity index (χ1v) is 5.18. The summed E-state index contributed by atoms with van der Waals surface area (Å²) < 4.78 is 0. The fraction of sp³-hybridized carbons (Fsp3) is 0.417. The summed E-state index contributed by atoms with van der Waals surface area (Å²) in [6.45, 7) is 0. The molecule has 0 amide bonds. The summed E-state index contributed by atoms with van der Waals surface area (Å²) >= 11 is 0. The third kappa shape index (κ3) is 1.58. The van der Waals surface area contributed by atoms with Crippen LogP contribution >= 0.6 is 0 Å². The Kier molecular flexibility index (Phi) is 2.39. The van der Waals surface area contributed by atoms with Gasteiger partial charge in [0.25, 0.3) is 0 Å². The number of aliphatic carboxylic acids is 1. The summed E-state index contributed by atoms with van der Waals surface area (Å²) in [6, 6.07) is 6.63. The van der Waals surface area contributed by atoms with E-state index in [4.69, 9.17) is 0 Å². The number of hydrogen-bond acceptors (Lipinski definition) is 2. The number of benzene rings is 1. The van der Waals surface area contributed by atoms with Gasteiger partial charge in [-0.2, -0.15) is 0 Å². The highest BCUT2D eigenvalue weighted by molar-refractivity contribution is 5.82. The summed E-state index contributed by atoms with van der Waals surface area (Å²) in [5, 5.41) is 18.7. The monoisotopic (exact) mass is 206 g/mol. The molecule has 0 unspecified atom stereocenters. The number of rotatable bonds is 2. The van der Waals surface area contributed by atoms with Crippen LogP contribution in [0.5, 0.6) is 5.75 Å². The lowest BCUT2D eigenvalue weighted by Gasteiger charge is -2.24. The first kappa shape index (κ1) is 10.0. The molecule has 3 nitrogen and oxygen atoms in total. The maximum atomic E-state index is 11.4. The molecule has 0 heterocycles. The Labute approximate surface area is 88.4 Å². The van der Waals surface area contributed by atoms with Gasteiger partial charge in [-0.1, -0.05) is 25.0 Å². The number of carbonyl (C=O) groups is 1. The van der Waals surface area contributed by atoms with Crippen molar-refractivity contribution in [1.29, 1.82) is 0 Å². The molecule has 1 saturated carbocycles. The van der Waals surface area contributed by atoms with Gasteiger partial charge in [-0.15, -0.1) is 0 Å². The van der Waals surface area contributed by atoms with Gasteiger partial charge >= 0.3 is 5.97 Å². The van der Waals surface area contributed by atoms with Gasteiger partial charge < -0.3 is 10.2 Å². The molecule has 0 radical (unpaired) electrons. The van der Waals surface area contributed by atoms with Crippen LogP contribution in [-0.2, 0) is 10.2 Å². The van der Waals surface area contributed by atoms with Gasteiger partial charge in [0.15, 0.2) is 0 Å². The zero-order valence-electron chi connectivity index (χ0n) is 8.44. The van der Waals surface area contributed by atoms with Gasteiger partial charge in [0.05, 0.1) is 5.41 Å². The smallest absolute Gasteiger partial charge is 0.314 e. The standard InChI is InChI=1S/C12H14O3/c13-10-5-3-4-9(8-10)12(11(14)15)6-1-2-7-12/h3-5,8,13H,1-2,6-7H2,(H,14,15). The molecule has 0 bridgehead atoms. The van der Waals surface area contributed by atoms with E-state index >= 15 is 0 Å². The molecule has 0 aromatic heterocycles. The van der Waals surface area contributed by atoms with Crippen LogP contribution in [0.4, 0.5) is 0 Å². The predicted octanol–water partition coefficient (Wildman–Crippen LogP) is 2.29. The van der Waals surface area contributed by atoms with E-state index in [-0.39, 0.29) is 5.75 Å². The highest BCUT2D eigenvalue weighted by atomic mass is 16.4. The van der Waals surface area contributed by atoms with E-state index in [0.29, 0.717) is 12.8 Å². The molecule has 80 valence electrons. The Balaban J connectivity index is 2.45. The van der Waals surface area contributed by atoms with Crippen LogP contribution in [0.3, 0.4) is 0 Å². The quantitative estimate of drug-likeness (QED) is 0.780. The average Bonchev–Trinajstić information content (AvgIpc) is 2.67. The lowest BCUT2D eigenvalue weighted by Crippen LogP contribution is -2.32. The third-order valence-electron chi connectivity index (χ3n) is 3.27. The maximum absolute atomic E-state index is 11.4. The van der Waals surface area contributed by atoms with Crippen LogP contribution in [0.1, 0.15) is 31.2 Å². The second-order valence-corrected chi connectivity index (χ2v) is 4.14. The minimum atomic E-state index is -0.773. The first-order valence-electron chi connectivity index (χ1n) is 5.18. The zero-order chi connectivity index (χ0) is 10.9. The molecule has 0 atom stereocenters. The average molecular weight is 206 g/mol. The summed E-state index contributed by atoms with van der Waals surface area (Å²) in [5.41, 5.74) is -0.0360. The number of carboxylic acid groups (broad SMARTS) is 1. The molecule has 1 aliphatic carbocycles. The van der Waals surface area contributed by atoms with E-state index in [2.05, 4.69) is 0 Å². The number of carboxylic acids is 1. The van der Waals surface area contributed by atoms with E-state index in [1.54, 1.807) is 24.3 Å². The molecule has 1 aromatic rings. The molecular formula is C12H14O3. The fourth-order valence-electron chi connectivity index (χ4n) is 2.41. The summed E-state index contributed by atoms with van der Waals surface area (Å²) in [4.78, 5) is 11.4. The molecule has 1 aromatic carbocycles. The van der Waals surface area contributed by atoms with Crippen molar-refractivity contribution < 1.29 is 15.0 Å². The van der Waals surface area contributed by atoms with E-state index in [0.717, 1.165) is 18.4 Å². The van der Waals surface area contributed by atoms with E-state index in [1.165, 1.54) is 0 Å². The molecule has 2 N–H and O–H groups in total. The van der Waals surface area contributed by atoms with Crippen LogP contribution in [-0.4, -0.2) is 16.2 Å². The Hall–Kier alpha value is -1.51. The molecule has 3 heteroatoms. The summed E-state index contributed by atoms with van der Waals surface area (Å²) in [5.74, 6) is -0.634. The second kappa shape index (κ2) is 3.57. The van der Waals surface area contributed by atoms with Crippen molar-refractivity contribution in [3.05, 3.63) is 29.8 Å². The Bertz CT molecular complexity index is 378. The second-order valence-electron chi connectivity index (χ2n) is 4.14. The highest BCUT2D eigenvalue weighted by Crippen LogP contribution is 2.42. The fourth-order valence-corrected chi connectivity index (χ4v) is 2.41. The SMILES string of the molecule is O=C(O)C1(c2cccc(O)c2)CCCC1. The van der Waals surface area contributed by atoms with Gasteiger partial charge in [0.1, 0.15) is 5.75 Å². The van der Waals surface area contributed by atoms with Crippen LogP contribution in [0.25, 0.3) is 0 Å². The van der Waals surface area contributed by atoms with Gasteiger partial charge in [0.2, 0.25) is 0 Å². The Morgan fingerprint density at radius 2 is 1.93 bits per heavy atom. The van der Waals surface area contributed by atoms with Gasteiger partial charge in [-0.25, -0.2) is 0 Å². The number of aromatic hydroxyl groups is 1. The van der Waals surface area contributed by atoms with Crippen molar-refractivity contribution in [2.45, 2.75) is 31.1 Å². The van der Waals surface area contributed by atoms with E-state index in [1.807, 2.05) is 0 Å². The number of phenols is 1. The summed E-state index contributed by atoms with van der Waals surface area (Å²) in [6.07, 6.45) is 3.24. The normalized spacial score (nSPS) is 18.9. The molecule has 0 saturated heterocycles. The van der Waals surface area contributed by atoms with Crippen molar-refractivity contribution in [1.82, 2.24) is 0 Å². The number of phenolic OH excluding ortho intramolecular Hbond substituents is 1. The Morgan fingerprint density at radius 1 is 1.27 bits per heavy atom. The minimum Gasteiger partial charge on any atom is -0.508 e. The molecular weight excluding hydrogens is 192 g/mol. The van der Waals surface area contributed by atoms with Crippen molar-refractivity contribution in [2.75, 3.05) is 0 Å². The highest BCUT2D eigenvalue weighted by Gasteiger charge is 2.42. The lowest BCUT2D eigenvalue weighted by molar-refractivity contribution is -0.143. The van der Waals surface area contributed by atoms with Gasteiger partial charge in [0, 0.05) is 0 Å². The van der Waals surface area contributed by atoms with E-state index < -0.39 is 11.4 Å². The predicted molar refractivity (Wildman–Crippen MR) is 55.9 cm³/mol. The van der Waals surface area contributed by atoms with Crippen molar-refractivity contribution >= 4 is 5.97 Å². The van der Waals surface area contributed by atoms with Gasteiger partial charge in [-0.05, 0) is 30.5 Å². The molecule has 15 heavy (non-hydrogen) atoms. The van der Waals surface area contributed by atoms with E-state index in [9.17, 15) is 15.0 Å². The molecule has 1 fully saturated rings. The van der Waals surface area contributed by atoms with Gasteiger partial charge in [-0.3, -0.25) is 4.79 Å². The van der Waals surface area contributed by atoms with Crippen LogP contribution in [0.2, 0.25) is 0 Å². The molecule has 0 spiro atoms. The topological polar surface area (TPSA) is 57.5 Å². The Morgan fingerprint density at radius 3 is 2.47 bits per heavy atom. The van der Waals surface area contributed by atoms with Crippen molar-refractivity contribution in [2.24, 2.45) is 0 Å². The zero-order valence-corrected chi connectivity index (χ0v) is 8.44. The molecule has 1 aliphatic rings. The van der Waals surface area contributed by atoms with Crippen LogP contribution in [0, 0.1) is 0 Å². The lowest BCUT2D eigenvalue weighted by atomic mass is 9.79. The molecule has 0 aliphatic heterocycles. The third-order valence-corrected chi connectivity index (χ3v) is 3.27. The summed E-state index contributed by atoms with van der Waals surface area (Å²) in [7, 11) is 0. The minimum absolute atomic E-state index is 0.139. The van der Waals surface area contributed by atoms with Crippen molar-refractivity contribution in [3.8, 4) is 5.75 Å². The van der Waals surface area contributed by atoms with Crippen LogP contribution < -0.4 is 0 Å². The van der Waals surface area contributed by atoms with Crippen molar-refractivity contribution in [3.63, 3.8) is 0 Å². The number of hydrogen-bond donors (Lipinski definition) is 2.